The number of carbonyl (C=O) groups excluding carboxylic acids is 2. The third-order valence-electron chi connectivity index (χ3n) is 2.94. The van der Waals surface area contributed by atoms with Gasteiger partial charge in [0.2, 0.25) is 0 Å². The van der Waals surface area contributed by atoms with Gasteiger partial charge < -0.3 is 10.1 Å². The first-order valence-electron chi connectivity index (χ1n) is 6.96. The molecule has 130 valence electrons. The number of amides is 1. The van der Waals surface area contributed by atoms with Crippen molar-refractivity contribution < 1.29 is 23.1 Å². The van der Waals surface area contributed by atoms with Gasteiger partial charge in [-0.15, -0.1) is 23.1 Å². The number of rotatable bonds is 6. The Morgan fingerprint density at radius 2 is 2.16 bits per heavy atom. The van der Waals surface area contributed by atoms with Crippen molar-refractivity contribution in [3.05, 3.63) is 46.8 Å². The molecular weight excluding hydrogens is 370 g/mol. The van der Waals surface area contributed by atoms with Crippen LogP contribution in [0.15, 0.2) is 34.5 Å². The molecule has 2 aromatic rings. The Morgan fingerprint density at radius 1 is 1.40 bits per heavy atom. The fourth-order valence-electron chi connectivity index (χ4n) is 1.72. The lowest BCUT2D eigenvalue weighted by molar-refractivity contribution is -0.150. The summed E-state index contributed by atoms with van der Waals surface area (Å²) >= 11 is 1.95. The average Bonchev–Trinajstić information content (AvgIpc) is 3.02. The molecule has 25 heavy (non-hydrogen) atoms. The van der Waals surface area contributed by atoms with Crippen molar-refractivity contribution in [2.24, 2.45) is 0 Å². The molecule has 0 radical (unpaired) electrons. The predicted molar refractivity (Wildman–Crippen MR) is 90.3 cm³/mol. The first kappa shape index (κ1) is 18.9. The number of hydrogen-bond donors (Lipinski definition) is 1. The minimum absolute atomic E-state index is 0.0219. The van der Waals surface area contributed by atoms with Crippen molar-refractivity contribution in [2.45, 2.75) is 17.9 Å². The van der Waals surface area contributed by atoms with E-state index in [1.54, 1.807) is 11.4 Å². The summed E-state index contributed by atoms with van der Waals surface area (Å²) in [4.78, 5) is 23.7. The molecule has 0 aliphatic rings. The molecule has 5 nitrogen and oxygen atoms in total. The molecular formula is C16H12F2N2O3S2. The van der Waals surface area contributed by atoms with Crippen molar-refractivity contribution in [1.82, 2.24) is 0 Å². The molecule has 1 amide bonds. The number of esters is 1. The van der Waals surface area contributed by atoms with Gasteiger partial charge in [-0.25, -0.2) is 8.78 Å². The largest absolute Gasteiger partial charge is 0.452 e. The van der Waals surface area contributed by atoms with Gasteiger partial charge in [-0.3, -0.25) is 9.59 Å². The third kappa shape index (κ3) is 5.27. The molecule has 0 aliphatic carbocycles. The highest BCUT2D eigenvalue weighted by atomic mass is 32.2. The molecule has 9 heteroatoms. The molecule has 1 atom stereocenters. The van der Waals surface area contributed by atoms with Crippen LogP contribution in [-0.4, -0.2) is 23.7 Å². The number of nitriles is 1. The van der Waals surface area contributed by atoms with Crippen molar-refractivity contribution in [1.29, 1.82) is 5.26 Å². The smallest absolute Gasteiger partial charge is 0.317 e. The van der Waals surface area contributed by atoms with E-state index in [4.69, 9.17) is 10.00 Å². The normalized spacial score (nSPS) is 11.4. The second kappa shape index (κ2) is 8.60. The molecule has 1 N–H and O–H groups in total. The van der Waals surface area contributed by atoms with Gasteiger partial charge >= 0.3 is 5.97 Å². The van der Waals surface area contributed by atoms with Crippen LogP contribution in [0.5, 0.6) is 0 Å². The van der Waals surface area contributed by atoms with Gasteiger partial charge in [0.05, 0.1) is 11.3 Å². The van der Waals surface area contributed by atoms with Crippen LogP contribution in [0.1, 0.15) is 12.5 Å². The van der Waals surface area contributed by atoms with Crippen LogP contribution in [0.3, 0.4) is 0 Å². The van der Waals surface area contributed by atoms with Crippen LogP contribution >= 0.6 is 23.1 Å². The van der Waals surface area contributed by atoms with Gasteiger partial charge in [0.25, 0.3) is 5.91 Å². The monoisotopic (exact) mass is 382 g/mol. The Labute approximate surface area is 150 Å². The maximum absolute atomic E-state index is 13.5. The lowest BCUT2D eigenvalue weighted by Crippen LogP contribution is -2.30. The van der Waals surface area contributed by atoms with Crippen LogP contribution < -0.4 is 5.32 Å². The van der Waals surface area contributed by atoms with Crippen LogP contribution in [0.4, 0.5) is 13.8 Å². The Bertz CT molecular complexity index is 833. The lowest BCUT2D eigenvalue weighted by Gasteiger charge is -2.13. The number of hydrogen-bond acceptors (Lipinski definition) is 6. The third-order valence-corrected chi connectivity index (χ3v) is 4.77. The molecule has 0 aliphatic heterocycles. The maximum atomic E-state index is 13.5. The summed E-state index contributed by atoms with van der Waals surface area (Å²) < 4.78 is 31.5. The number of nitrogens with zero attached hydrogens (tertiary/aromatic N) is 1. The van der Waals surface area contributed by atoms with E-state index in [1.807, 2.05) is 6.07 Å². The maximum Gasteiger partial charge on any atom is 0.317 e. The molecule has 0 saturated carbocycles. The Morgan fingerprint density at radius 3 is 2.88 bits per heavy atom. The van der Waals surface area contributed by atoms with E-state index in [-0.39, 0.29) is 10.6 Å². The van der Waals surface area contributed by atoms with Gasteiger partial charge in [0, 0.05) is 4.90 Å². The average molecular weight is 382 g/mol. The lowest BCUT2D eigenvalue weighted by atomic mass is 10.3. The number of thiophene rings is 1. The zero-order valence-electron chi connectivity index (χ0n) is 12.9. The summed E-state index contributed by atoms with van der Waals surface area (Å²) in [7, 11) is 0. The molecule has 0 saturated heterocycles. The first-order valence-corrected chi connectivity index (χ1v) is 8.83. The summed E-state index contributed by atoms with van der Waals surface area (Å²) in [5, 5.41) is 13.4. The number of carbonyl (C=O) groups is 2. The molecule has 0 spiro atoms. The zero-order valence-corrected chi connectivity index (χ0v) is 14.5. The van der Waals surface area contributed by atoms with E-state index in [1.165, 1.54) is 18.3 Å². The molecule has 1 heterocycles. The SMILES string of the molecule is C[C@@H](OC(=O)CSc1cc(F)ccc1F)C(=O)Nc1sccc1C#N. The minimum atomic E-state index is -1.10. The number of ether oxygens (including phenoxy) is 1. The van der Waals surface area contributed by atoms with Crippen molar-refractivity contribution in [2.75, 3.05) is 11.1 Å². The fraction of sp³-hybridized carbons (Fsp3) is 0.188. The van der Waals surface area contributed by atoms with Crippen LogP contribution in [0, 0.1) is 23.0 Å². The highest BCUT2D eigenvalue weighted by Crippen LogP contribution is 2.24. The number of nitrogens with one attached hydrogen (secondary N) is 1. The van der Waals surface area contributed by atoms with Crippen molar-refractivity contribution in [3.8, 4) is 6.07 Å². The summed E-state index contributed by atoms with van der Waals surface area (Å²) in [6, 6.07) is 6.40. The van der Waals surface area contributed by atoms with Gasteiger partial charge in [-0.05, 0) is 36.6 Å². The number of halogens is 2. The first-order chi connectivity index (χ1) is 11.9. The standard InChI is InChI=1S/C16H12F2N2O3S2/c1-9(15(22)20-16-10(7-19)4-5-24-16)23-14(21)8-25-13-6-11(17)2-3-12(13)18/h2-6,9H,8H2,1H3,(H,20,22)/t9-/m1/s1. The molecule has 0 unspecified atom stereocenters. The number of anilines is 1. The van der Waals surface area contributed by atoms with Crippen LogP contribution in [0.2, 0.25) is 0 Å². The van der Waals surface area contributed by atoms with Crippen molar-refractivity contribution >= 4 is 40.0 Å². The van der Waals surface area contributed by atoms with E-state index < -0.39 is 29.6 Å². The van der Waals surface area contributed by atoms with Gasteiger partial charge in [-0.1, -0.05) is 0 Å². The molecule has 1 aromatic heterocycles. The Kier molecular flexibility index (Phi) is 6.50. The van der Waals surface area contributed by atoms with E-state index in [9.17, 15) is 18.4 Å². The van der Waals surface area contributed by atoms with E-state index in [0.29, 0.717) is 10.6 Å². The summed E-state index contributed by atoms with van der Waals surface area (Å²) in [6.07, 6.45) is -1.10. The van der Waals surface area contributed by atoms with Crippen LogP contribution in [0.25, 0.3) is 0 Å². The van der Waals surface area contributed by atoms with Gasteiger partial charge in [-0.2, -0.15) is 5.26 Å². The molecule has 0 bridgehead atoms. The molecule has 0 fully saturated rings. The minimum Gasteiger partial charge on any atom is -0.452 e. The summed E-state index contributed by atoms with van der Waals surface area (Å²) in [5.74, 6) is -2.88. The van der Waals surface area contributed by atoms with Crippen LogP contribution in [-0.2, 0) is 14.3 Å². The Balaban J connectivity index is 1.86. The van der Waals surface area contributed by atoms with E-state index in [0.717, 1.165) is 30.0 Å². The highest BCUT2D eigenvalue weighted by Gasteiger charge is 2.20. The fourth-order valence-corrected chi connectivity index (χ4v) is 3.20. The highest BCUT2D eigenvalue weighted by molar-refractivity contribution is 8.00. The summed E-state index contributed by atoms with van der Waals surface area (Å²) in [6.45, 7) is 1.38. The second-order valence-corrected chi connectivity index (χ2v) is 6.69. The van der Waals surface area contributed by atoms with Gasteiger partial charge in [0.1, 0.15) is 22.7 Å². The van der Waals surface area contributed by atoms with E-state index >= 15 is 0 Å². The summed E-state index contributed by atoms with van der Waals surface area (Å²) in [5.41, 5.74) is 0.314. The Hall–Kier alpha value is -2.44. The molecule has 2 rings (SSSR count). The quantitative estimate of drug-likeness (QED) is 0.610. The van der Waals surface area contributed by atoms with Crippen molar-refractivity contribution in [3.63, 3.8) is 0 Å². The molecule has 1 aromatic carbocycles. The van der Waals surface area contributed by atoms with Gasteiger partial charge in [0.15, 0.2) is 6.10 Å². The number of benzene rings is 1. The number of thioether (sulfide) groups is 1. The zero-order chi connectivity index (χ0) is 18.4. The topological polar surface area (TPSA) is 79.2 Å². The van der Waals surface area contributed by atoms with E-state index in [2.05, 4.69) is 5.32 Å². The second-order valence-electron chi connectivity index (χ2n) is 4.76. The predicted octanol–water partition coefficient (Wildman–Crippen LogP) is 3.56.